The molecule has 0 aromatic carbocycles. The number of aliphatic hydroxyl groups is 1. The molecule has 90 valence electrons. The van der Waals surface area contributed by atoms with E-state index < -0.39 is 9.84 Å². The molecule has 2 N–H and O–H groups in total. The average Bonchev–Trinajstić information content (AvgIpc) is 2.20. The van der Waals surface area contributed by atoms with Gasteiger partial charge in [0.1, 0.15) is 9.84 Å². The normalized spacial score (nSPS) is 26.1. The lowest BCUT2D eigenvalue weighted by atomic mass is 10.0. The Morgan fingerprint density at radius 3 is 2.33 bits per heavy atom. The minimum Gasteiger partial charge on any atom is -0.396 e. The van der Waals surface area contributed by atoms with E-state index in [0.29, 0.717) is 24.3 Å². The summed E-state index contributed by atoms with van der Waals surface area (Å²) in [7, 11) is -2.77. The SMILES string of the molecule is CC(CO)C(C)NC1CCS(=O)(=O)CC1. The third kappa shape index (κ3) is 4.09. The fraction of sp³-hybridized carbons (Fsp3) is 1.00. The lowest BCUT2D eigenvalue weighted by molar-refractivity contribution is 0.199. The monoisotopic (exact) mass is 235 g/mol. The second-order valence-electron chi connectivity index (χ2n) is 4.54. The summed E-state index contributed by atoms with van der Waals surface area (Å²) in [5.41, 5.74) is 0. The maximum Gasteiger partial charge on any atom is 0.150 e. The van der Waals surface area contributed by atoms with Gasteiger partial charge >= 0.3 is 0 Å². The van der Waals surface area contributed by atoms with E-state index in [1.807, 2.05) is 13.8 Å². The molecule has 5 heteroatoms. The van der Waals surface area contributed by atoms with Crippen LogP contribution in [0.2, 0.25) is 0 Å². The van der Waals surface area contributed by atoms with Gasteiger partial charge in [-0.1, -0.05) is 6.92 Å². The Morgan fingerprint density at radius 2 is 1.87 bits per heavy atom. The molecule has 0 saturated carbocycles. The highest BCUT2D eigenvalue weighted by Crippen LogP contribution is 2.14. The van der Waals surface area contributed by atoms with Crippen molar-refractivity contribution in [3.63, 3.8) is 0 Å². The van der Waals surface area contributed by atoms with E-state index in [-0.39, 0.29) is 24.6 Å². The average molecular weight is 235 g/mol. The van der Waals surface area contributed by atoms with Crippen LogP contribution in [0, 0.1) is 5.92 Å². The minimum absolute atomic E-state index is 0.166. The van der Waals surface area contributed by atoms with Crippen LogP contribution in [0.4, 0.5) is 0 Å². The lowest BCUT2D eigenvalue weighted by Crippen LogP contribution is -2.45. The standard InChI is InChI=1S/C10H21NO3S/c1-8(7-12)9(2)11-10-3-5-15(13,14)6-4-10/h8-12H,3-7H2,1-2H3. The summed E-state index contributed by atoms with van der Waals surface area (Å²) in [6.07, 6.45) is 1.40. The van der Waals surface area contributed by atoms with Gasteiger partial charge in [-0.25, -0.2) is 8.42 Å². The molecule has 1 aliphatic heterocycles. The maximum atomic E-state index is 11.2. The summed E-state index contributed by atoms with van der Waals surface area (Å²) < 4.78 is 22.4. The second-order valence-corrected chi connectivity index (χ2v) is 6.84. The quantitative estimate of drug-likeness (QED) is 0.729. The van der Waals surface area contributed by atoms with Crippen LogP contribution in [0.15, 0.2) is 0 Å². The molecule has 0 amide bonds. The third-order valence-corrected chi connectivity index (χ3v) is 4.91. The minimum atomic E-state index is -2.77. The van der Waals surface area contributed by atoms with Gasteiger partial charge in [0.15, 0.2) is 0 Å². The van der Waals surface area contributed by atoms with Crippen LogP contribution in [0.5, 0.6) is 0 Å². The zero-order valence-electron chi connectivity index (χ0n) is 9.44. The molecule has 1 rings (SSSR count). The van der Waals surface area contributed by atoms with Gasteiger partial charge in [-0.2, -0.15) is 0 Å². The Morgan fingerprint density at radius 1 is 1.33 bits per heavy atom. The van der Waals surface area contributed by atoms with Crippen LogP contribution in [0.25, 0.3) is 0 Å². The van der Waals surface area contributed by atoms with Gasteiger partial charge < -0.3 is 10.4 Å². The van der Waals surface area contributed by atoms with E-state index in [1.165, 1.54) is 0 Å². The topological polar surface area (TPSA) is 66.4 Å². The smallest absolute Gasteiger partial charge is 0.150 e. The molecule has 0 aliphatic carbocycles. The first-order valence-corrected chi connectivity index (χ1v) is 7.34. The molecule has 2 unspecified atom stereocenters. The zero-order chi connectivity index (χ0) is 11.5. The van der Waals surface area contributed by atoms with Crippen molar-refractivity contribution < 1.29 is 13.5 Å². The van der Waals surface area contributed by atoms with Crippen molar-refractivity contribution in [3.05, 3.63) is 0 Å². The van der Waals surface area contributed by atoms with Crippen molar-refractivity contribution in [3.8, 4) is 0 Å². The molecule has 1 heterocycles. The molecule has 0 spiro atoms. The van der Waals surface area contributed by atoms with Gasteiger partial charge in [0.05, 0.1) is 11.5 Å². The van der Waals surface area contributed by atoms with Crippen LogP contribution < -0.4 is 5.32 Å². The molecule has 1 saturated heterocycles. The Kier molecular flexibility index (Phi) is 4.55. The fourth-order valence-corrected chi connectivity index (χ4v) is 3.24. The number of nitrogens with one attached hydrogen (secondary N) is 1. The van der Waals surface area contributed by atoms with Gasteiger partial charge in [-0.3, -0.25) is 0 Å². The van der Waals surface area contributed by atoms with Crippen molar-refractivity contribution in [2.24, 2.45) is 5.92 Å². The van der Waals surface area contributed by atoms with Crippen molar-refractivity contribution in [2.45, 2.75) is 38.8 Å². The molecule has 1 aliphatic rings. The molecule has 0 radical (unpaired) electrons. The van der Waals surface area contributed by atoms with Crippen LogP contribution in [-0.4, -0.2) is 43.7 Å². The van der Waals surface area contributed by atoms with Gasteiger partial charge in [0.2, 0.25) is 0 Å². The summed E-state index contributed by atoms with van der Waals surface area (Å²) in [6, 6.07) is 0.526. The molecular formula is C10H21NO3S. The van der Waals surface area contributed by atoms with Crippen molar-refractivity contribution in [2.75, 3.05) is 18.1 Å². The van der Waals surface area contributed by atoms with Crippen molar-refractivity contribution in [1.82, 2.24) is 5.32 Å². The van der Waals surface area contributed by atoms with Crippen LogP contribution >= 0.6 is 0 Å². The second kappa shape index (κ2) is 5.27. The van der Waals surface area contributed by atoms with E-state index in [0.717, 1.165) is 0 Å². The zero-order valence-corrected chi connectivity index (χ0v) is 10.3. The summed E-state index contributed by atoms with van der Waals surface area (Å²) in [6.45, 7) is 4.18. The Hall–Kier alpha value is -0.130. The first kappa shape index (κ1) is 12.9. The Bertz CT molecular complexity index is 275. The van der Waals surface area contributed by atoms with E-state index in [9.17, 15) is 8.42 Å². The Labute approximate surface area is 92.0 Å². The van der Waals surface area contributed by atoms with Gasteiger partial charge in [0, 0.05) is 18.7 Å². The predicted octanol–water partition coefficient (Wildman–Crippen LogP) is 0.170. The summed E-state index contributed by atoms with van der Waals surface area (Å²) in [5.74, 6) is 0.805. The molecular weight excluding hydrogens is 214 g/mol. The first-order valence-electron chi connectivity index (χ1n) is 5.52. The highest BCUT2D eigenvalue weighted by molar-refractivity contribution is 7.91. The fourth-order valence-electron chi connectivity index (χ4n) is 1.75. The van der Waals surface area contributed by atoms with Crippen LogP contribution in [-0.2, 0) is 9.84 Å². The van der Waals surface area contributed by atoms with Crippen molar-refractivity contribution in [1.29, 1.82) is 0 Å². The maximum absolute atomic E-state index is 11.2. The highest BCUT2D eigenvalue weighted by atomic mass is 32.2. The van der Waals surface area contributed by atoms with Crippen LogP contribution in [0.1, 0.15) is 26.7 Å². The first-order chi connectivity index (χ1) is 6.94. The molecule has 15 heavy (non-hydrogen) atoms. The van der Waals surface area contributed by atoms with E-state index in [1.54, 1.807) is 0 Å². The van der Waals surface area contributed by atoms with Gasteiger partial charge in [-0.05, 0) is 25.7 Å². The summed E-state index contributed by atoms with van der Waals surface area (Å²) >= 11 is 0. The largest absolute Gasteiger partial charge is 0.396 e. The Balaban J connectivity index is 2.35. The summed E-state index contributed by atoms with van der Waals surface area (Å²) in [5, 5.41) is 12.4. The number of hydrogen-bond donors (Lipinski definition) is 2. The van der Waals surface area contributed by atoms with E-state index in [4.69, 9.17) is 5.11 Å². The molecule has 1 fully saturated rings. The third-order valence-electron chi connectivity index (χ3n) is 3.19. The molecule has 0 bridgehead atoms. The molecule has 0 aromatic rings. The number of aliphatic hydroxyl groups excluding tert-OH is 1. The highest BCUT2D eigenvalue weighted by Gasteiger charge is 2.25. The van der Waals surface area contributed by atoms with Gasteiger partial charge in [-0.15, -0.1) is 0 Å². The number of rotatable bonds is 4. The van der Waals surface area contributed by atoms with Crippen LogP contribution in [0.3, 0.4) is 0 Å². The molecule has 4 nitrogen and oxygen atoms in total. The predicted molar refractivity (Wildman–Crippen MR) is 60.5 cm³/mol. The lowest BCUT2D eigenvalue weighted by Gasteiger charge is -2.29. The number of sulfone groups is 1. The molecule has 2 atom stereocenters. The number of hydrogen-bond acceptors (Lipinski definition) is 4. The van der Waals surface area contributed by atoms with E-state index in [2.05, 4.69) is 5.32 Å². The summed E-state index contributed by atoms with van der Waals surface area (Å²) in [4.78, 5) is 0. The molecule has 0 aromatic heterocycles. The van der Waals surface area contributed by atoms with Crippen molar-refractivity contribution >= 4 is 9.84 Å². The van der Waals surface area contributed by atoms with Gasteiger partial charge in [0.25, 0.3) is 0 Å². The van der Waals surface area contributed by atoms with E-state index >= 15 is 0 Å².